The van der Waals surface area contributed by atoms with E-state index in [0.29, 0.717) is 49.0 Å². The Bertz CT molecular complexity index is 575. The summed E-state index contributed by atoms with van der Waals surface area (Å²) < 4.78 is 15.9. The molecule has 0 aromatic carbocycles. The first-order valence-electron chi connectivity index (χ1n) is 11.2. The van der Waals surface area contributed by atoms with Crippen molar-refractivity contribution in [3.63, 3.8) is 0 Å². The fourth-order valence-corrected chi connectivity index (χ4v) is 11.8. The molecule has 2 saturated carbocycles. The summed E-state index contributed by atoms with van der Waals surface area (Å²) in [5.41, 5.74) is 0. The van der Waals surface area contributed by atoms with Gasteiger partial charge in [0.2, 0.25) is 0 Å². The third-order valence-corrected chi connectivity index (χ3v) is 12.8. The molecule has 4 nitrogen and oxygen atoms in total. The Labute approximate surface area is 180 Å². The molecule has 4 aliphatic rings. The van der Waals surface area contributed by atoms with Gasteiger partial charge in [0, 0.05) is 28.5 Å². The van der Waals surface area contributed by atoms with Gasteiger partial charge in [-0.15, -0.1) is 0 Å². The molecule has 0 spiro atoms. The second-order valence-corrected chi connectivity index (χ2v) is 13.3. The van der Waals surface area contributed by atoms with E-state index in [9.17, 15) is 0 Å². The van der Waals surface area contributed by atoms with Crippen molar-refractivity contribution in [3.8, 4) is 6.07 Å². The highest BCUT2D eigenvalue weighted by Gasteiger charge is 2.54. The van der Waals surface area contributed by atoms with Gasteiger partial charge >= 0.3 is 0 Å². The first-order chi connectivity index (χ1) is 13.6. The lowest BCUT2D eigenvalue weighted by atomic mass is 9.68. The van der Waals surface area contributed by atoms with Gasteiger partial charge in [-0.05, 0) is 58.3 Å². The van der Waals surface area contributed by atoms with Crippen LogP contribution in [0.2, 0.25) is 0 Å². The van der Waals surface area contributed by atoms with Crippen LogP contribution in [0.3, 0.4) is 0 Å². The van der Waals surface area contributed by atoms with Crippen molar-refractivity contribution < 1.29 is 9.05 Å². The Morgan fingerprint density at radius 3 is 2.61 bits per heavy atom. The molecule has 2 heterocycles. The quantitative estimate of drug-likeness (QED) is 0.286. The monoisotopic (exact) mass is 442 g/mol. The van der Waals surface area contributed by atoms with E-state index in [1.807, 2.05) is 0 Å². The minimum absolute atomic E-state index is 0.336. The SMILES string of the molecule is CC(C)N1C(C)C2CCC[C@@H]3SS[C@@H]4CCCC[C@@H]4[C@H](OP1OCCC#N)[C@H]23. The van der Waals surface area contributed by atoms with E-state index in [-0.39, 0.29) is 0 Å². The molecule has 2 saturated heterocycles. The number of hydrogen-bond donors (Lipinski definition) is 0. The van der Waals surface area contributed by atoms with Gasteiger partial charge in [-0.3, -0.25) is 0 Å². The number of nitriles is 1. The van der Waals surface area contributed by atoms with Crippen molar-refractivity contribution in [1.82, 2.24) is 4.67 Å². The first-order valence-corrected chi connectivity index (χ1v) is 14.6. The van der Waals surface area contributed by atoms with Crippen LogP contribution in [-0.2, 0) is 9.05 Å². The highest BCUT2D eigenvalue weighted by atomic mass is 33.1. The van der Waals surface area contributed by atoms with E-state index in [1.165, 1.54) is 44.9 Å². The summed E-state index contributed by atoms with van der Waals surface area (Å²) in [5, 5.41) is 10.5. The molecule has 2 aliphatic carbocycles. The summed E-state index contributed by atoms with van der Waals surface area (Å²) in [6.07, 6.45) is 10.2. The Morgan fingerprint density at radius 1 is 1.11 bits per heavy atom. The largest absolute Gasteiger partial charge is 0.321 e. The Morgan fingerprint density at radius 2 is 1.82 bits per heavy atom. The van der Waals surface area contributed by atoms with Crippen LogP contribution in [0, 0.1) is 29.1 Å². The molecule has 2 aliphatic heterocycles. The third kappa shape index (κ3) is 4.27. The van der Waals surface area contributed by atoms with Gasteiger partial charge < -0.3 is 9.05 Å². The molecule has 8 atom stereocenters. The number of rotatable bonds is 4. The van der Waals surface area contributed by atoms with E-state index in [1.54, 1.807) is 0 Å². The summed E-state index contributed by atoms with van der Waals surface area (Å²) in [4.78, 5) is 0. The van der Waals surface area contributed by atoms with Crippen molar-refractivity contribution in [1.29, 1.82) is 5.26 Å². The smallest absolute Gasteiger partial charge is 0.259 e. The molecule has 0 aromatic rings. The van der Waals surface area contributed by atoms with Crippen LogP contribution in [-0.4, -0.2) is 40.0 Å². The van der Waals surface area contributed by atoms with Crippen LogP contribution >= 0.6 is 30.1 Å². The highest BCUT2D eigenvalue weighted by Crippen LogP contribution is 2.62. The second kappa shape index (κ2) is 9.75. The molecule has 4 rings (SSSR count). The van der Waals surface area contributed by atoms with Crippen molar-refractivity contribution >= 4 is 30.1 Å². The molecule has 4 fully saturated rings. The van der Waals surface area contributed by atoms with Crippen LogP contribution < -0.4 is 0 Å². The molecule has 0 aromatic heterocycles. The normalized spacial score (nSPS) is 44.1. The average molecular weight is 443 g/mol. The molecule has 0 N–H and O–H groups in total. The lowest BCUT2D eigenvalue weighted by molar-refractivity contribution is 0.0223. The van der Waals surface area contributed by atoms with Crippen LogP contribution in [0.4, 0.5) is 0 Å². The van der Waals surface area contributed by atoms with Gasteiger partial charge in [0.05, 0.1) is 25.2 Å². The fraction of sp³-hybridized carbons (Fsp3) is 0.952. The minimum Gasteiger partial charge on any atom is -0.321 e. The first kappa shape index (κ1) is 21.7. The van der Waals surface area contributed by atoms with Crippen molar-refractivity contribution in [3.05, 3.63) is 0 Å². The van der Waals surface area contributed by atoms with E-state index in [4.69, 9.17) is 14.3 Å². The molecule has 0 bridgehead atoms. The Balaban J connectivity index is 1.68. The highest BCUT2D eigenvalue weighted by molar-refractivity contribution is 8.77. The van der Waals surface area contributed by atoms with Crippen LogP contribution in [0.5, 0.6) is 0 Å². The number of nitrogens with zero attached hydrogens (tertiary/aromatic N) is 2. The number of fused-ring (bicyclic) bond motifs is 2. The minimum atomic E-state index is -1.10. The van der Waals surface area contributed by atoms with Gasteiger partial charge in [-0.1, -0.05) is 40.9 Å². The predicted molar refractivity (Wildman–Crippen MR) is 120 cm³/mol. The summed E-state index contributed by atoms with van der Waals surface area (Å²) in [7, 11) is 3.28. The van der Waals surface area contributed by atoms with Crippen LogP contribution in [0.1, 0.15) is 72.1 Å². The van der Waals surface area contributed by atoms with Crippen molar-refractivity contribution in [2.75, 3.05) is 6.61 Å². The number of hydrogen-bond acceptors (Lipinski definition) is 6. The zero-order chi connectivity index (χ0) is 19.7. The lowest BCUT2D eigenvalue weighted by Crippen LogP contribution is -2.48. The predicted octanol–water partition coefficient (Wildman–Crippen LogP) is 6.38. The topological polar surface area (TPSA) is 45.5 Å². The summed E-state index contributed by atoms with van der Waals surface area (Å²) in [6, 6.07) is 3.11. The van der Waals surface area contributed by atoms with Crippen molar-refractivity contribution in [2.45, 2.75) is 101 Å². The van der Waals surface area contributed by atoms with Crippen LogP contribution in [0.25, 0.3) is 0 Å². The van der Waals surface area contributed by atoms with Gasteiger partial charge in [0.15, 0.2) is 0 Å². The van der Waals surface area contributed by atoms with E-state index < -0.39 is 8.53 Å². The average Bonchev–Trinajstić information content (AvgIpc) is 2.92. The van der Waals surface area contributed by atoms with Gasteiger partial charge in [-0.2, -0.15) is 5.26 Å². The fourth-order valence-electron chi connectivity index (χ4n) is 5.97. The van der Waals surface area contributed by atoms with Gasteiger partial charge in [0.25, 0.3) is 8.53 Å². The van der Waals surface area contributed by atoms with E-state index in [2.05, 4.69) is 53.1 Å². The van der Waals surface area contributed by atoms with Crippen molar-refractivity contribution in [2.24, 2.45) is 17.8 Å². The van der Waals surface area contributed by atoms with E-state index >= 15 is 0 Å². The maximum atomic E-state index is 9.00. The summed E-state index contributed by atoms with van der Waals surface area (Å²) in [6.45, 7) is 7.46. The molecular weight excluding hydrogens is 407 g/mol. The maximum Gasteiger partial charge on any atom is 0.259 e. The molecule has 3 unspecified atom stereocenters. The molecule has 7 heteroatoms. The Hall–Kier alpha value is 0.500. The molecule has 0 radical (unpaired) electrons. The Kier molecular flexibility index (Phi) is 7.57. The summed E-state index contributed by atoms with van der Waals surface area (Å²) >= 11 is 0. The van der Waals surface area contributed by atoms with E-state index in [0.717, 1.165) is 10.5 Å². The molecule has 0 amide bonds. The second-order valence-electron chi connectivity index (χ2n) is 9.15. The molecule has 28 heavy (non-hydrogen) atoms. The summed E-state index contributed by atoms with van der Waals surface area (Å²) in [5.74, 6) is 2.03. The lowest BCUT2D eigenvalue weighted by Gasteiger charge is -2.44. The molecule has 158 valence electrons. The van der Waals surface area contributed by atoms with Gasteiger partial charge in [0.1, 0.15) is 0 Å². The zero-order valence-electron chi connectivity index (χ0n) is 17.5. The maximum absolute atomic E-state index is 9.00. The van der Waals surface area contributed by atoms with Crippen LogP contribution in [0.15, 0.2) is 0 Å². The zero-order valence-corrected chi connectivity index (χ0v) is 20.0. The molecular formula is C21H35N2O2PS2. The van der Waals surface area contributed by atoms with Gasteiger partial charge in [-0.25, -0.2) is 4.67 Å². The standard InChI is InChI=1S/C21H35N2O2PS2/c1-14(2)23-15(3)16-9-6-11-19-20(16)21(25-26(23)24-13-7-12-22)17-8-4-5-10-18(17)27-28-19/h14-21H,4-11,13H2,1-3H3/t15?,16?,17-,18+,19-,20+,21-,26?/m0/s1. The third-order valence-electron chi connectivity index (χ3n) is 7.19.